The van der Waals surface area contributed by atoms with Gasteiger partial charge in [0.15, 0.2) is 0 Å². The van der Waals surface area contributed by atoms with Gasteiger partial charge in [-0.2, -0.15) is 26.3 Å². The molecule has 0 spiro atoms. The maximum atomic E-state index is 13.3. The Hall–Kier alpha value is -2.27. The van der Waals surface area contributed by atoms with Gasteiger partial charge in [0, 0.05) is 23.6 Å². The van der Waals surface area contributed by atoms with Gasteiger partial charge in [-0.1, -0.05) is 15.9 Å². The van der Waals surface area contributed by atoms with E-state index in [0.29, 0.717) is 19.4 Å². The minimum atomic E-state index is -4.91. The number of alkyl halides is 6. The minimum absolute atomic E-state index is 0.121. The lowest BCUT2D eigenvalue weighted by Gasteiger charge is -2.28. The Balaban J connectivity index is 1.70. The van der Waals surface area contributed by atoms with E-state index in [0.717, 1.165) is 58.2 Å². The molecule has 202 valence electrons. The van der Waals surface area contributed by atoms with Crippen molar-refractivity contribution in [1.29, 1.82) is 0 Å². The van der Waals surface area contributed by atoms with Crippen LogP contribution in [0.5, 0.6) is 0 Å². The number of anilines is 1. The molecule has 0 radical (unpaired) electrons. The molecule has 11 heteroatoms. The highest BCUT2D eigenvalue weighted by atomic mass is 79.9. The lowest BCUT2D eigenvalue weighted by atomic mass is 9.95. The molecule has 1 aliphatic carbocycles. The van der Waals surface area contributed by atoms with Gasteiger partial charge in [-0.15, -0.1) is 0 Å². The average Bonchev–Trinajstić information content (AvgIpc) is 3.21. The number of carbonyl (C=O) groups excluding carboxylic acids is 1. The lowest BCUT2D eigenvalue weighted by molar-refractivity contribution is -0.143. The van der Waals surface area contributed by atoms with Crippen molar-refractivity contribution in [2.45, 2.75) is 77.0 Å². The molecule has 1 heterocycles. The van der Waals surface area contributed by atoms with Crippen LogP contribution in [0.25, 0.3) is 0 Å². The standard InChI is InChI=1S/C26H27BrF6N2O2/c1-14(2)37-24(36)35-8-4-7-22(20-12-21(27)18-5-3-6-19(18)23(20)35)34-13-15-9-16(25(28,29)30)11-17(10-15)26(31,32)33/h9-12,14,22,34H,3-8,13H2,1-2H3. The highest BCUT2D eigenvalue weighted by molar-refractivity contribution is 9.10. The molecule has 1 unspecified atom stereocenters. The van der Waals surface area contributed by atoms with Crippen molar-refractivity contribution in [3.63, 3.8) is 0 Å². The van der Waals surface area contributed by atoms with Crippen LogP contribution in [0.3, 0.4) is 0 Å². The van der Waals surface area contributed by atoms with Crippen molar-refractivity contribution in [2.24, 2.45) is 0 Å². The van der Waals surface area contributed by atoms with Crippen LogP contribution in [0.15, 0.2) is 28.7 Å². The third-order valence-electron chi connectivity index (χ3n) is 6.62. The second kappa shape index (κ2) is 10.5. The Morgan fingerprint density at radius 1 is 1.03 bits per heavy atom. The second-order valence-electron chi connectivity index (χ2n) is 9.68. The summed E-state index contributed by atoms with van der Waals surface area (Å²) in [6, 6.07) is 3.13. The van der Waals surface area contributed by atoms with Gasteiger partial charge < -0.3 is 10.1 Å². The van der Waals surface area contributed by atoms with Crippen molar-refractivity contribution < 1.29 is 35.9 Å². The number of benzene rings is 2. The summed E-state index contributed by atoms with van der Waals surface area (Å²) in [6.07, 6.45) is -6.98. The van der Waals surface area contributed by atoms with E-state index in [1.54, 1.807) is 18.7 Å². The summed E-state index contributed by atoms with van der Waals surface area (Å²) in [5, 5.41) is 3.18. The van der Waals surface area contributed by atoms with E-state index in [1.165, 1.54) is 0 Å². The molecule has 0 saturated carbocycles. The molecule has 2 aromatic carbocycles. The third-order valence-corrected chi connectivity index (χ3v) is 7.33. The zero-order valence-electron chi connectivity index (χ0n) is 20.3. The van der Waals surface area contributed by atoms with Crippen molar-refractivity contribution in [3.05, 3.63) is 62.1 Å². The molecular formula is C26H27BrF6N2O2. The maximum Gasteiger partial charge on any atom is 0.416 e. The quantitative estimate of drug-likeness (QED) is 0.366. The van der Waals surface area contributed by atoms with E-state index < -0.39 is 35.6 Å². The van der Waals surface area contributed by atoms with E-state index in [-0.39, 0.29) is 24.3 Å². The molecule has 1 aliphatic heterocycles. The molecule has 1 amide bonds. The Kier molecular flexibility index (Phi) is 7.86. The summed E-state index contributed by atoms with van der Waals surface area (Å²) in [7, 11) is 0. The Morgan fingerprint density at radius 2 is 1.65 bits per heavy atom. The fourth-order valence-electron chi connectivity index (χ4n) is 5.06. The number of amides is 1. The number of carbonyl (C=O) groups is 1. The third kappa shape index (κ3) is 6.08. The molecule has 0 bridgehead atoms. The number of rotatable bonds is 4. The molecule has 2 aliphatic rings. The number of nitrogens with zero attached hydrogens (tertiary/aromatic N) is 1. The first-order valence-corrected chi connectivity index (χ1v) is 12.9. The largest absolute Gasteiger partial charge is 0.446 e. The fraction of sp³-hybridized carbons (Fsp3) is 0.500. The SMILES string of the molecule is CC(C)OC(=O)N1CCCC(NCc2cc(C(F)(F)F)cc(C(F)(F)F)c2)c2cc(Br)c3c(c21)CCC3. The number of halogens is 7. The number of hydrogen-bond donors (Lipinski definition) is 1. The summed E-state index contributed by atoms with van der Waals surface area (Å²) in [4.78, 5) is 14.6. The summed E-state index contributed by atoms with van der Waals surface area (Å²) < 4.78 is 86.3. The van der Waals surface area contributed by atoms with E-state index >= 15 is 0 Å². The fourth-order valence-corrected chi connectivity index (χ4v) is 5.75. The molecule has 4 rings (SSSR count). The molecule has 1 atom stereocenters. The second-order valence-corrected chi connectivity index (χ2v) is 10.5. The first kappa shape index (κ1) is 27.8. The normalized spacial score (nSPS) is 18.0. The molecule has 1 N–H and O–H groups in total. The van der Waals surface area contributed by atoms with E-state index in [1.807, 2.05) is 6.07 Å². The first-order valence-electron chi connectivity index (χ1n) is 12.1. The van der Waals surface area contributed by atoms with Crippen molar-refractivity contribution >= 4 is 27.7 Å². The first-order chi connectivity index (χ1) is 17.3. The summed E-state index contributed by atoms with van der Waals surface area (Å²) in [5.74, 6) is 0. The number of fused-ring (bicyclic) bond motifs is 3. The summed E-state index contributed by atoms with van der Waals surface area (Å²) in [5.41, 5.74) is 0.827. The van der Waals surface area contributed by atoms with Crippen LogP contribution >= 0.6 is 15.9 Å². The molecule has 2 aromatic rings. The Bertz CT molecular complexity index is 1150. The smallest absolute Gasteiger partial charge is 0.416 e. The zero-order valence-corrected chi connectivity index (χ0v) is 21.9. The van der Waals surface area contributed by atoms with Gasteiger partial charge in [0.2, 0.25) is 0 Å². The highest BCUT2D eigenvalue weighted by Crippen LogP contribution is 2.44. The molecule has 37 heavy (non-hydrogen) atoms. The van der Waals surface area contributed by atoms with Crippen LogP contribution in [0.4, 0.5) is 36.8 Å². The van der Waals surface area contributed by atoms with E-state index in [2.05, 4.69) is 21.2 Å². The lowest BCUT2D eigenvalue weighted by Crippen LogP contribution is -2.35. The average molecular weight is 593 g/mol. The monoisotopic (exact) mass is 592 g/mol. The molecular weight excluding hydrogens is 566 g/mol. The van der Waals surface area contributed by atoms with Crippen molar-refractivity contribution in [2.75, 3.05) is 11.4 Å². The molecule has 0 fully saturated rings. The summed E-state index contributed by atoms with van der Waals surface area (Å²) >= 11 is 3.62. The number of hydrogen-bond acceptors (Lipinski definition) is 3. The van der Waals surface area contributed by atoms with Gasteiger partial charge in [-0.3, -0.25) is 4.90 Å². The van der Waals surface area contributed by atoms with Gasteiger partial charge in [-0.05, 0) is 92.5 Å². The zero-order chi connectivity index (χ0) is 27.1. The predicted molar refractivity (Wildman–Crippen MR) is 130 cm³/mol. The topological polar surface area (TPSA) is 41.6 Å². The summed E-state index contributed by atoms with van der Waals surface area (Å²) in [6.45, 7) is 3.71. The van der Waals surface area contributed by atoms with E-state index in [4.69, 9.17) is 4.74 Å². The predicted octanol–water partition coefficient (Wildman–Crippen LogP) is 7.95. The van der Waals surface area contributed by atoms with Crippen LogP contribution in [-0.4, -0.2) is 18.7 Å². The van der Waals surface area contributed by atoms with Gasteiger partial charge in [0.1, 0.15) is 0 Å². The van der Waals surface area contributed by atoms with Crippen LogP contribution in [0.2, 0.25) is 0 Å². The maximum absolute atomic E-state index is 13.3. The van der Waals surface area contributed by atoms with Crippen molar-refractivity contribution in [1.82, 2.24) is 5.32 Å². The van der Waals surface area contributed by atoms with Crippen LogP contribution < -0.4 is 10.2 Å². The number of nitrogens with one attached hydrogen (secondary N) is 1. The van der Waals surface area contributed by atoms with Crippen molar-refractivity contribution in [3.8, 4) is 0 Å². The molecule has 0 saturated heterocycles. The van der Waals surface area contributed by atoms with Gasteiger partial charge in [0.05, 0.1) is 22.9 Å². The van der Waals surface area contributed by atoms with E-state index in [9.17, 15) is 31.1 Å². The minimum Gasteiger partial charge on any atom is -0.446 e. The van der Waals surface area contributed by atoms with Crippen LogP contribution in [0, 0.1) is 0 Å². The number of ether oxygens (including phenoxy) is 1. The Labute approximate surface area is 219 Å². The van der Waals surface area contributed by atoms with Gasteiger partial charge >= 0.3 is 18.4 Å². The Morgan fingerprint density at radius 3 is 2.24 bits per heavy atom. The molecule has 0 aromatic heterocycles. The van der Waals surface area contributed by atoms with Crippen LogP contribution in [0.1, 0.15) is 72.5 Å². The highest BCUT2D eigenvalue weighted by Gasteiger charge is 2.37. The molecule has 4 nitrogen and oxygen atoms in total. The van der Waals surface area contributed by atoms with Crippen LogP contribution in [-0.2, 0) is 36.5 Å². The van der Waals surface area contributed by atoms with Gasteiger partial charge in [0.25, 0.3) is 0 Å². The van der Waals surface area contributed by atoms with Gasteiger partial charge in [-0.25, -0.2) is 4.79 Å².